The summed E-state index contributed by atoms with van der Waals surface area (Å²) in [6, 6.07) is 9.87. The third-order valence-corrected chi connectivity index (χ3v) is 6.21. The predicted molar refractivity (Wildman–Crippen MR) is 102 cm³/mol. The molecule has 1 unspecified atom stereocenters. The van der Waals surface area contributed by atoms with Crippen LogP contribution in [0.1, 0.15) is 31.7 Å². The van der Waals surface area contributed by atoms with Crippen molar-refractivity contribution in [2.75, 3.05) is 26.2 Å². The highest BCUT2D eigenvalue weighted by molar-refractivity contribution is 7.89. The van der Waals surface area contributed by atoms with Crippen LogP contribution in [0, 0.1) is 5.92 Å². The van der Waals surface area contributed by atoms with E-state index in [-0.39, 0.29) is 4.90 Å². The first-order valence-corrected chi connectivity index (χ1v) is 10.8. The van der Waals surface area contributed by atoms with E-state index >= 15 is 0 Å². The molecule has 1 aliphatic heterocycles. The van der Waals surface area contributed by atoms with Crippen molar-refractivity contribution < 1.29 is 8.42 Å². The second-order valence-corrected chi connectivity index (χ2v) is 8.93. The average Bonchev–Trinajstić information content (AvgIpc) is 3.09. The van der Waals surface area contributed by atoms with Gasteiger partial charge < -0.3 is 4.90 Å². The number of piperidine rings is 1. The fourth-order valence-corrected chi connectivity index (χ4v) is 4.45. The van der Waals surface area contributed by atoms with Crippen molar-refractivity contribution in [2.24, 2.45) is 5.92 Å². The summed E-state index contributed by atoms with van der Waals surface area (Å²) in [5.74, 6) is 0.746. The summed E-state index contributed by atoms with van der Waals surface area (Å²) in [5.41, 5.74) is 1.09. The van der Waals surface area contributed by atoms with Gasteiger partial charge in [0.05, 0.1) is 12.7 Å². The number of nitrogens with one attached hydrogen (secondary N) is 1. The molecule has 0 amide bonds. The number of hydrogen-bond acceptors (Lipinski definition) is 4. The summed E-state index contributed by atoms with van der Waals surface area (Å²) in [7, 11) is -3.50. The molecule has 2 heterocycles. The van der Waals surface area contributed by atoms with Crippen molar-refractivity contribution in [3.63, 3.8) is 0 Å². The molecule has 0 spiro atoms. The largest absolute Gasteiger partial charge is 0.303 e. The first-order valence-electron chi connectivity index (χ1n) is 9.31. The van der Waals surface area contributed by atoms with Crippen LogP contribution in [0.4, 0.5) is 0 Å². The van der Waals surface area contributed by atoms with E-state index < -0.39 is 10.0 Å². The summed E-state index contributed by atoms with van der Waals surface area (Å²) in [4.78, 5) is 2.65. The predicted octanol–water partition coefficient (Wildman–Crippen LogP) is 2.33. The molecule has 0 radical (unpaired) electrons. The van der Waals surface area contributed by atoms with Crippen molar-refractivity contribution in [1.82, 2.24) is 19.4 Å². The maximum atomic E-state index is 12.4. The summed E-state index contributed by atoms with van der Waals surface area (Å²) >= 11 is 0. The molecule has 142 valence electrons. The number of nitrogens with zero attached hydrogens (tertiary/aromatic N) is 3. The second-order valence-electron chi connectivity index (χ2n) is 7.16. The summed E-state index contributed by atoms with van der Waals surface area (Å²) in [5, 5.41) is 4.18. The van der Waals surface area contributed by atoms with Crippen molar-refractivity contribution in [1.29, 1.82) is 0 Å². The first kappa shape index (κ1) is 19.1. The molecule has 1 aliphatic rings. The molecule has 6 nitrogen and oxygen atoms in total. The van der Waals surface area contributed by atoms with E-state index in [4.69, 9.17) is 0 Å². The van der Waals surface area contributed by atoms with Gasteiger partial charge in [-0.05, 0) is 43.8 Å². The Labute approximate surface area is 156 Å². The normalized spacial score (nSPS) is 18.9. The Hall–Kier alpha value is -1.70. The van der Waals surface area contributed by atoms with E-state index in [0.717, 1.165) is 37.5 Å². The molecule has 3 rings (SSSR count). The minimum Gasteiger partial charge on any atom is -0.303 e. The Balaban J connectivity index is 1.47. The summed E-state index contributed by atoms with van der Waals surface area (Å²) in [6.07, 6.45) is 6.37. The highest BCUT2D eigenvalue weighted by Crippen LogP contribution is 2.15. The quantitative estimate of drug-likeness (QED) is 0.718. The third-order valence-electron chi connectivity index (χ3n) is 4.79. The van der Waals surface area contributed by atoms with E-state index in [1.807, 2.05) is 30.3 Å². The van der Waals surface area contributed by atoms with E-state index in [1.165, 1.54) is 19.0 Å². The van der Waals surface area contributed by atoms with Crippen molar-refractivity contribution in [2.45, 2.75) is 37.6 Å². The van der Waals surface area contributed by atoms with Gasteiger partial charge in [-0.2, -0.15) is 5.10 Å². The number of rotatable bonds is 8. The second kappa shape index (κ2) is 8.79. The van der Waals surface area contributed by atoms with Gasteiger partial charge in [-0.25, -0.2) is 13.1 Å². The van der Waals surface area contributed by atoms with Gasteiger partial charge in [0.15, 0.2) is 0 Å². The van der Waals surface area contributed by atoms with Gasteiger partial charge in [-0.1, -0.05) is 37.3 Å². The van der Waals surface area contributed by atoms with E-state index in [9.17, 15) is 8.42 Å². The first-order chi connectivity index (χ1) is 12.5. The fraction of sp³-hybridized carbons (Fsp3) is 0.526. The molecule has 1 N–H and O–H groups in total. The lowest BCUT2D eigenvalue weighted by Gasteiger charge is -2.30. The standard InChI is InChI=1S/C19H28N4O2S/c1-17-7-5-11-22(14-17)12-6-10-21-26(24,25)19-13-20-23(16-19)15-18-8-3-2-4-9-18/h2-4,8-9,13,16-17,21H,5-7,10-12,14-15H2,1H3. The Morgan fingerprint density at radius 2 is 2.08 bits per heavy atom. The fourth-order valence-electron chi connectivity index (χ4n) is 3.42. The topological polar surface area (TPSA) is 67.2 Å². The van der Waals surface area contributed by atoms with Gasteiger partial charge >= 0.3 is 0 Å². The molecule has 0 bridgehead atoms. The van der Waals surface area contributed by atoms with E-state index in [0.29, 0.717) is 13.1 Å². The number of sulfonamides is 1. The number of likely N-dealkylation sites (tertiary alicyclic amines) is 1. The van der Waals surface area contributed by atoms with Crippen LogP contribution in [0.25, 0.3) is 0 Å². The number of aromatic nitrogens is 2. The lowest BCUT2D eigenvalue weighted by atomic mass is 10.0. The Morgan fingerprint density at radius 1 is 1.27 bits per heavy atom. The van der Waals surface area contributed by atoms with Crippen LogP contribution in [-0.4, -0.2) is 49.3 Å². The van der Waals surface area contributed by atoms with Crippen LogP contribution in [-0.2, 0) is 16.6 Å². The van der Waals surface area contributed by atoms with Crippen LogP contribution in [0.3, 0.4) is 0 Å². The molecule has 1 saturated heterocycles. The zero-order valence-corrected chi connectivity index (χ0v) is 16.2. The smallest absolute Gasteiger partial charge is 0.243 e. The Kier molecular flexibility index (Phi) is 6.45. The summed E-state index contributed by atoms with van der Waals surface area (Å²) < 4.78 is 29.2. The van der Waals surface area contributed by atoms with E-state index in [2.05, 4.69) is 21.6 Å². The number of hydrogen-bond donors (Lipinski definition) is 1. The van der Waals surface area contributed by atoms with Gasteiger partial charge in [0, 0.05) is 19.3 Å². The SMILES string of the molecule is CC1CCCN(CCCNS(=O)(=O)c2cnn(Cc3ccccc3)c2)C1. The summed E-state index contributed by atoms with van der Waals surface area (Å²) in [6.45, 7) is 6.49. The van der Waals surface area contributed by atoms with Gasteiger partial charge in [0.2, 0.25) is 10.0 Å². The molecular weight excluding hydrogens is 348 g/mol. The highest BCUT2D eigenvalue weighted by atomic mass is 32.2. The number of benzene rings is 1. The molecule has 2 aromatic rings. The molecule has 7 heteroatoms. The molecule has 1 fully saturated rings. The van der Waals surface area contributed by atoms with Crippen LogP contribution in [0.2, 0.25) is 0 Å². The van der Waals surface area contributed by atoms with Crippen LogP contribution in [0.5, 0.6) is 0 Å². The monoisotopic (exact) mass is 376 g/mol. The zero-order valence-electron chi connectivity index (χ0n) is 15.3. The third kappa shape index (κ3) is 5.40. The maximum absolute atomic E-state index is 12.4. The average molecular weight is 377 g/mol. The molecule has 0 aliphatic carbocycles. The van der Waals surface area contributed by atoms with Crippen LogP contribution in [0.15, 0.2) is 47.6 Å². The molecule has 1 atom stereocenters. The molecule has 0 saturated carbocycles. The Bertz CT molecular complexity index is 789. The molecule has 1 aromatic carbocycles. The van der Waals surface area contributed by atoms with Gasteiger partial charge in [0.1, 0.15) is 4.90 Å². The minimum atomic E-state index is -3.50. The lowest BCUT2D eigenvalue weighted by molar-refractivity contribution is 0.182. The van der Waals surface area contributed by atoms with Crippen LogP contribution < -0.4 is 4.72 Å². The van der Waals surface area contributed by atoms with Crippen LogP contribution >= 0.6 is 0 Å². The Morgan fingerprint density at radius 3 is 2.85 bits per heavy atom. The molecular formula is C19H28N4O2S. The van der Waals surface area contributed by atoms with Crippen molar-refractivity contribution >= 4 is 10.0 Å². The van der Waals surface area contributed by atoms with Crippen molar-refractivity contribution in [3.05, 3.63) is 48.3 Å². The van der Waals surface area contributed by atoms with Gasteiger partial charge in [-0.15, -0.1) is 0 Å². The minimum absolute atomic E-state index is 0.222. The van der Waals surface area contributed by atoms with Crippen molar-refractivity contribution in [3.8, 4) is 0 Å². The molecule has 26 heavy (non-hydrogen) atoms. The van der Waals surface area contributed by atoms with Gasteiger partial charge in [0.25, 0.3) is 0 Å². The van der Waals surface area contributed by atoms with E-state index in [1.54, 1.807) is 10.9 Å². The lowest BCUT2D eigenvalue weighted by Crippen LogP contribution is -2.36. The zero-order chi connectivity index (χ0) is 18.4. The van der Waals surface area contributed by atoms with Gasteiger partial charge in [-0.3, -0.25) is 4.68 Å². The maximum Gasteiger partial charge on any atom is 0.243 e. The molecule has 1 aromatic heterocycles. The highest BCUT2D eigenvalue weighted by Gasteiger charge is 2.18.